The second-order valence-corrected chi connectivity index (χ2v) is 15.8. The quantitative estimate of drug-likeness (QED) is 0.106. The third-order valence-corrected chi connectivity index (χ3v) is 11.1. The third-order valence-electron chi connectivity index (χ3n) is 11.1. The summed E-state index contributed by atoms with van der Waals surface area (Å²) in [5.41, 5.74) is 6.66. The molecule has 7 rings (SSSR count). The molecule has 3 aliphatic heterocycles. The van der Waals surface area contributed by atoms with Crippen molar-refractivity contribution in [3.05, 3.63) is 104 Å². The molecule has 2 aromatic carbocycles. The van der Waals surface area contributed by atoms with E-state index in [0.29, 0.717) is 86.2 Å². The van der Waals surface area contributed by atoms with Gasteiger partial charge in [0.25, 0.3) is 35.4 Å². The van der Waals surface area contributed by atoms with Crippen LogP contribution >= 0.6 is 0 Å². The van der Waals surface area contributed by atoms with Gasteiger partial charge in [0.05, 0.1) is 35.4 Å². The van der Waals surface area contributed by atoms with E-state index in [1.807, 2.05) is 0 Å². The SMILES string of the molecule is C.Cc1[nH]c(/C=C2\C(=O)Nc3ccc(F)cc32)c(C)c1C(=O)NC[C@H](O)C(=O)N(C)C.Cc1[nH]c(/C=C2\C(=O)Nc3ccc(F)cc32)c(C)c1C(=O)NC[C@H](O)C(=O)N1CCCCC1. The van der Waals surface area contributed by atoms with E-state index in [1.54, 1.807) is 44.7 Å². The number of likely N-dealkylation sites (N-methyl/N-ethyl adjacent to an activating group) is 1. The number of likely N-dealkylation sites (tertiary alicyclic amines) is 1. The van der Waals surface area contributed by atoms with Crippen molar-refractivity contribution >= 4 is 70.1 Å². The first-order chi connectivity index (χ1) is 29.9. The zero-order valence-corrected chi connectivity index (χ0v) is 35.7. The molecule has 64 heavy (non-hydrogen) atoms. The molecule has 1 fully saturated rings. The maximum Gasteiger partial charge on any atom is 0.256 e. The largest absolute Gasteiger partial charge is 0.381 e. The number of carbonyl (C=O) groups is 6. The van der Waals surface area contributed by atoms with Crippen LogP contribution in [0.1, 0.15) is 92.4 Å². The summed E-state index contributed by atoms with van der Waals surface area (Å²) < 4.78 is 27.3. The van der Waals surface area contributed by atoms with Crippen LogP contribution in [-0.4, -0.2) is 118 Å². The lowest BCUT2D eigenvalue weighted by Crippen LogP contribution is -2.46. The first kappa shape index (κ1) is 48.1. The van der Waals surface area contributed by atoms with Crippen molar-refractivity contribution in [2.75, 3.05) is 50.9 Å². The average molecular weight is 885 g/mol. The highest BCUT2D eigenvalue weighted by molar-refractivity contribution is 6.35. The van der Waals surface area contributed by atoms with Gasteiger partial charge in [-0.3, -0.25) is 28.8 Å². The Hall–Kier alpha value is -6.92. The number of rotatable bonds is 10. The van der Waals surface area contributed by atoms with Crippen LogP contribution in [-0.2, 0) is 19.2 Å². The van der Waals surface area contributed by atoms with Crippen LogP contribution in [0.15, 0.2) is 36.4 Å². The maximum absolute atomic E-state index is 13.7. The maximum atomic E-state index is 13.7. The van der Waals surface area contributed by atoms with Crippen molar-refractivity contribution in [3.63, 3.8) is 0 Å². The normalized spacial score (nSPS) is 16.1. The molecule has 4 aromatic rings. The highest BCUT2D eigenvalue weighted by Gasteiger charge is 2.29. The summed E-state index contributed by atoms with van der Waals surface area (Å²) in [7, 11) is 3.02. The van der Waals surface area contributed by atoms with Gasteiger partial charge in [0, 0.05) is 72.5 Å². The Morgan fingerprint density at radius 3 is 1.56 bits per heavy atom. The number of piperidine rings is 1. The van der Waals surface area contributed by atoms with Gasteiger partial charge in [0.15, 0.2) is 0 Å². The van der Waals surface area contributed by atoms with Crippen LogP contribution in [0.2, 0.25) is 0 Å². The van der Waals surface area contributed by atoms with E-state index in [-0.39, 0.29) is 43.8 Å². The molecule has 3 aliphatic rings. The number of H-pyrrole nitrogens is 2. The minimum Gasteiger partial charge on any atom is -0.381 e. The summed E-state index contributed by atoms with van der Waals surface area (Å²) in [6.07, 6.45) is 3.42. The van der Waals surface area contributed by atoms with Gasteiger partial charge in [0.1, 0.15) is 23.8 Å². The van der Waals surface area contributed by atoms with Gasteiger partial charge in [-0.25, -0.2) is 8.78 Å². The molecule has 16 nitrogen and oxygen atoms in total. The lowest BCUT2D eigenvalue weighted by atomic mass is 10.0. The standard InChI is InChI=1S/C24H27FN4O4.C21H23FN4O4.CH4/c1-13-19(11-17-16-10-15(25)6-7-18(16)28-22(17)31)27-14(2)21(13)23(32)26-12-20(30)24(33)29-8-4-3-5-9-29;1-10-16(8-14-13-7-12(22)5-6-15(13)25-19(14)28)24-11(2)18(10)20(29)23-9-17(27)21(30)26(3)4;/h6-7,10-11,20,27,30H,3-5,8-9,12H2,1-2H3,(H,26,32)(H,28,31);5-8,17,24,27H,9H2,1-4H3,(H,23,29)(H,25,28);1H4/b17-11-;14-8-;/t20-;17-;/m00./s1. The van der Waals surface area contributed by atoms with Crippen LogP contribution in [0.3, 0.4) is 0 Å². The number of fused-ring (bicyclic) bond motifs is 2. The van der Waals surface area contributed by atoms with Crippen LogP contribution in [0.25, 0.3) is 23.3 Å². The topological polar surface area (TPSA) is 229 Å². The molecule has 0 saturated carbocycles. The monoisotopic (exact) mass is 884 g/mol. The number of aromatic amines is 2. The number of anilines is 2. The molecule has 1 saturated heterocycles. The molecule has 2 atom stereocenters. The van der Waals surface area contributed by atoms with Crippen molar-refractivity contribution < 1.29 is 47.8 Å². The molecule has 0 radical (unpaired) electrons. The predicted octanol–water partition coefficient (Wildman–Crippen LogP) is 4.44. The van der Waals surface area contributed by atoms with E-state index < -0.39 is 41.6 Å². The van der Waals surface area contributed by atoms with E-state index in [9.17, 15) is 47.8 Å². The Morgan fingerprint density at radius 1 is 0.719 bits per heavy atom. The average Bonchev–Trinajstić information content (AvgIpc) is 3.93. The fourth-order valence-electron chi connectivity index (χ4n) is 7.77. The number of aliphatic hydroxyl groups excluding tert-OH is 2. The molecule has 340 valence electrons. The number of aryl methyl sites for hydroxylation is 2. The van der Waals surface area contributed by atoms with Crippen molar-refractivity contribution in [2.24, 2.45) is 0 Å². The van der Waals surface area contributed by atoms with Crippen molar-refractivity contribution in [1.82, 2.24) is 30.4 Å². The van der Waals surface area contributed by atoms with Crippen molar-refractivity contribution in [1.29, 1.82) is 0 Å². The van der Waals surface area contributed by atoms with E-state index in [1.165, 1.54) is 55.4 Å². The third kappa shape index (κ3) is 10.3. The fraction of sp³-hybridized carbons (Fsp3) is 0.348. The van der Waals surface area contributed by atoms with Gasteiger partial charge in [-0.2, -0.15) is 0 Å². The van der Waals surface area contributed by atoms with Gasteiger partial charge in [-0.15, -0.1) is 0 Å². The molecule has 18 heteroatoms. The second-order valence-electron chi connectivity index (χ2n) is 15.8. The first-order valence-electron chi connectivity index (χ1n) is 20.3. The van der Waals surface area contributed by atoms with Gasteiger partial charge < -0.3 is 51.2 Å². The number of nitrogens with zero attached hydrogens (tertiary/aromatic N) is 2. The minimum atomic E-state index is -1.35. The number of aromatic nitrogens is 2. The number of hydrogen-bond donors (Lipinski definition) is 8. The van der Waals surface area contributed by atoms with Crippen LogP contribution in [0, 0.1) is 39.3 Å². The van der Waals surface area contributed by atoms with E-state index in [2.05, 4.69) is 31.2 Å². The van der Waals surface area contributed by atoms with Crippen LogP contribution in [0.4, 0.5) is 20.2 Å². The number of benzene rings is 2. The van der Waals surface area contributed by atoms with Crippen LogP contribution < -0.4 is 21.3 Å². The molecule has 8 N–H and O–H groups in total. The van der Waals surface area contributed by atoms with Gasteiger partial charge >= 0.3 is 0 Å². The predicted molar refractivity (Wildman–Crippen MR) is 239 cm³/mol. The van der Waals surface area contributed by atoms with E-state index in [4.69, 9.17) is 0 Å². The summed E-state index contributed by atoms with van der Waals surface area (Å²) in [6, 6.07) is 8.11. The number of nitrogens with one attached hydrogen (secondary N) is 6. The van der Waals surface area contributed by atoms with Crippen LogP contribution in [0.5, 0.6) is 0 Å². The molecule has 0 bridgehead atoms. The number of amides is 6. The molecular formula is C46H54F2N8O8. The molecule has 2 aromatic heterocycles. The van der Waals surface area contributed by atoms with Gasteiger partial charge in [-0.05, 0) is 107 Å². The highest BCUT2D eigenvalue weighted by atomic mass is 19.1. The fourth-order valence-corrected chi connectivity index (χ4v) is 7.77. The zero-order valence-electron chi connectivity index (χ0n) is 35.7. The lowest BCUT2D eigenvalue weighted by molar-refractivity contribution is -0.140. The summed E-state index contributed by atoms with van der Waals surface area (Å²) >= 11 is 0. The Kier molecular flexibility index (Phi) is 15.1. The Balaban J connectivity index is 0.000000238. The summed E-state index contributed by atoms with van der Waals surface area (Å²) in [5, 5.41) is 30.7. The number of halogens is 2. The first-order valence-corrected chi connectivity index (χ1v) is 20.3. The summed E-state index contributed by atoms with van der Waals surface area (Å²) in [6.45, 7) is 7.70. The Labute approximate surface area is 369 Å². The smallest absolute Gasteiger partial charge is 0.256 e. The Bertz CT molecular complexity index is 2570. The number of hydrogen-bond acceptors (Lipinski definition) is 8. The molecule has 0 unspecified atom stereocenters. The van der Waals surface area contributed by atoms with E-state index >= 15 is 0 Å². The molecular weight excluding hydrogens is 831 g/mol. The van der Waals surface area contributed by atoms with Gasteiger partial charge in [0.2, 0.25) is 0 Å². The summed E-state index contributed by atoms with van der Waals surface area (Å²) in [4.78, 5) is 83.3. The Morgan fingerprint density at radius 2 is 1.14 bits per heavy atom. The molecule has 0 aliphatic carbocycles. The number of aliphatic hydroxyl groups is 2. The number of carbonyl (C=O) groups excluding carboxylic acids is 6. The second kappa shape index (κ2) is 20.1. The van der Waals surface area contributed by atoms with E-state index in [0.717, 1.165) is 19.3 Å². The van der Waals surface area contributed by atoms with Gasteiger partial charge in [-0.1, -0.05) is 7.43 Å². The zero-order chi connectivity index (χ0) is 45.9. The van der Waals surface area contributed by atoms with Crippen molar-refractivity contribution in [2.45, 2.75) is 66.6 Å². The highest BCUT2D eigenvalue weighted by Crippen LogP contribution is 2.36. The molecule has 0 spiro atoms. The summed E-state index contributed by atoms with van der Waals surface area (Å²) in [5.74, 6) is -3.40. The molecule has 5 heterocycles. The van der Waals surface area contributed by atoms with Crippen molar-refractivity contribution in [3.8, 4) is 0 Å². The molecule has 6 amide bonds. The lowest BCUT2D eigenvalue weighted by Gasteiger charge is -2.28. The minimum absolute atomic E-state index is 0.